The predicted molar refractivity (Wildman–Crippen MR) is 37.7 cm³/mol. The van der Waals surface area contributed by atoms with E-state index in [1.54, 1.807) is 12.1 Å². The number of hydrogen-bond acceptors (Lipinski definition) is 0. The van der Waals surface area contributed by atoms with Crippen molar-refractivity contribution in [1.82, 2.24) is 0 Å². The van der Waals surface area contributed by atoms with Gasteiger partial charge in [-0.2, -0.15) is 9.90 Å². The molecule has 8 heavy (non-hydrogen) atoms. The van der Waals surface area contributed by atoms with Gasteiger partial charge < -0.3 is 0 Å². The van der Waals surface area contributed by atoms with Crippen molar-refractivity contribution in [2.45, 2.75) is 0 Å². The Bertz CT molecular complexity index is 138. The van der Waals surface area contributed by atoms with Crippen LogP contribution in [0.4, 0.5) is 0 Å². The molecule has 0 aliphatic carbocycles. The van der Waals surface area contributed by atoms with E-state index >= 15 is 0 Å². The van der Waals surface area contributed by atoms with Gasteiger partial charge in [-0.3, -0.25) is 5.11 Å². The van der Waals surface area contributed by atoms with E-state index in [1.165, 1.54) is 12.1 Å². The highest BCUT2D eigenvalue weighted by atomic mass is 31.0. The van der Waals surface area contributed by atoms with Crippen LogP contribution in [0.15, 0.2) is 30.3 Å². The fourth-order valence-electron chi connectivity index (χ4n) is 0.420. The van der Waals surface area contributed by atoms with E-state index in [0.717, 1.165) is 0 Å². The normalized spacial score (nSPS) is 7.50. The summed E-state index contributed by atoms with van der Waals surface area (Å²) in [5.41, 5.74) is 0. The summed E-state index contributed by atoms with van der Waals surface area (Å²) in [6, 6.07) is 8.33. The molecule has 0 N–H and O–H groups in total. The smallest absolute Gasteiger partial charge is 0.178 e. The zero-order valence-corrected chi connectivity index (χ0v) is 5.92. The molecule has 0 aromatic heterocycles. The molecular weight excluding hydrogens is 119 g/mol. The summed E-state index contributed by atoms with van der Waals surface area (Å²) in [5.74, 6) is 0.0718. The minimum absolute atomic E-state index is 0. The number of rotatable bonds is 0. The quantitative estimate of drug-likeness (QED) is 0.474. The highest BCUT2D eigenvalue weighted by molar-refractivity contribution is 6.92. The summed E-state index contributed by atoms with van der Waals surface area (Å²) in [6.07, 6.45) is 0. The second-order valence-corrected chi connectivity index (χ2v) is 1.31. The van der Waals surface area contributed by atoms with Gasteiger partial charge in [0.25, 0.3) is 0 Å². The zero-order chi connectivity index (χ0) is 5.11. The lowest BCUT2D eigenvalue weighted by Gasteiger charge is -1.77. The Labute approximate surface area is 52.0 Å². The zero-order valence-electron chi connectivity index (χ0n) is 4.50. The van der Waals surface area contributed by atoms with Crippen LogP contribution in [0, 0.1) is 0 Å². The molecule has 0 fully saturated rings. The van der Waals surface area contributed by atoms with Gasteiger partial charge >= 0.3 is 0 Å². The molecule has 1 rings (SSSR count). The Morgan fingerprint density at radius 1 is 1.00 bits per heavy atom. The average molecular weight is 127 g/mol. The lowest BCUT2D eigenvalue weighted by Crippen LogP contribution is -1.54. The second-order valence-electron chi connectivity index (χ2n) is 1.31. The molecule has 0 heterocycles. The Balaban J connectivity index is 0.000000490. The van der Waals surface area contributed by atoms with Crippen molar-refractivity contribution in [3.05, 3.63) is 30.3 Å². The highest BCUT2D eigenvalue weighted by Gasteiger charge is 1.78. The third-order valence-electron chi connectivity index (χ3n) is 0.743. The standard InChI is InChI=1S/C6H5O.H3P/c7-6-4-2-1-3-5-6;/h1-5H;1H3. The summed E-state index contributed by atoms with van der Waals surface area (Å²) in [4.78, 5) is 0. The number of benzene rings is 1. The van der Waals surface area contributed by atoms with Crippen LogP contribution in [0.5, 0.6) is 5.75 Å². The van der Waals surface area contributed by atoms with Crippen LogP contribution in [0.1, 0.15) is 0 Å². The lowest BCUT2D eigenvalue weighted by molar-refractivity contribution is 0.355. The Morgan fingerprint density at radius 3 is 1.75 bits per heavy atom. The topological polar surface area (TPSA) is 19.9 Å². The molecule has 1 radical (unpaired) electrons. The van der Waals surface area contributed by atoms with Gasteiger partial charge in [-0.25, -0.2) is 0 Å². The molecule has 1 aromatic carbocycles. The molecule has 1 atom stereocenters. The average Bonchev–Trinajstić information content (AvgIpc) is 1.69. The Morgan fingerprint density at radius 2 is 1.50 bits per heavy atom. The Kier molecular flexibility index (Phi) is 3.21. The largest absolute Gasteiger partial charge is 0.290 e. The van der Waals surface area contributed by atoms with Gasteiger partial charge in [0.1, 0.15) is 0 Å². The van der Waals surface area contributed by atoms with Crippen molar-refractivity contribution in [1.29, 1.82) is 0 Å². The van der Waals surface area contributed by atoms with E-state index in [1.807, 2.05) is 6.07 Å². The van der Waals surface area contributed by atoms with Crippen molar-refractivity contribution in [2.75, 3.05) is 0 Å². The number of hydrogen-bond donors (Lipinski definition) is 0. The SMILES string of the molecule is P.[O]c1ccccc1. The van der Waals surface area contributed by atoms with Gasteiger partial charge in [0.15, 0.2) is 5.75 Å². The molecule has 2 heteroatoms. The van der Waals surface area contributed by atoms with Crippen LogP contribution < -0.4 is 0 Å². The summed E-state index contributed by atoms with van der Waals surface area (Å²) in [5, 5.41) is 10.3. The maximum absolute atomic E-state index is 10.3. The first-order valence-corrected chi connectivity index (χ1v) is 2.11. The van der Waals surface area contributed by atoms with Crippen molar-refractivity contribution < 1.29 is 5.11 Å². The molecule has 1 aromatic rings. The van der Waals surface area contributed by atoms with Crippen LogP contribution in [0.3, 0.4) is 0 Å². The monoisotopic (exact) mass is 127 g/mol. The van der Waals surface area contributed by atoms with Crippen molar-refractivity contribution in [3.8, 4) is 5.75 Å². The van der Waals surface area contributed by atoms with Gasteiger partial charge in [0, 0.05) is 0 Å². The lowest BCUT2D eigenvalue weighted by atomic mass is 10.3. The number of para-hydroxylation sites is 1. The summed E-state index contributed by atoms with van der Waals surface area (Å²) in [6.45, 7) is 0. The molecule has 0 aliphatic heterocycles. The molecule has 0 aliphatic rings. The van der Waals surface area contributed by atoms with Crippen LogP contribution in [0.25, 0.3) is 0 Å². The van der Waals surface area contributed by atoms with Crippen LogP contribution in [0.2, 0.25) is 0 Å². The van der Waals surface area contributed by atoms with Gasteiger partial charge in [0.05, 0.1) is 0 Å². The van der Waals surface area contributed by atoms with E-state index < -0.39 is 0 Å². The van der Waals surface area contributed by atoms with Crippen molar-refractivity contribution in [2.24, 2.45) is 0 Å². The summed E-state index contributed by atoms with van der Waals surface area (Å²) >= 11 is 0. The van der Waals surface area contributed by atoms with Crippen molar-refractivity contribution >= 4 is 9.90 Å². The first-order valence-electron chi connectivity index (χ1n) is 2.11. The minimum Gasteiger partial charge on any atom is -0.290 e. The minimum atomic E-state index is 0. The molecule has 0 saturated carbocycles. The summed E-state index contributed by atoms with van der Waals surface area (Å²) < 4.78 is 0. The molecule has 43 valence electrons. The highest BCUT2D eigenvalue weighted by Crippen LogP contribution is 2.04. The fraction of sp³-hybridized carbons (Fsp3) is 0. The second kappa shape index (κ2) is 3.45. The first kappa shape index (κ1) is 7.45. The van der Waals surface area contributed by atoms with E-state index in [2.05, 4.69) is 0 Å². The molecule has 1 nitrogen and oxygen atoms in total. The van der Waals surface area contributed by atoms with Crippen LogP contribution >= 0.6 is 9.90 Å². The van der Waals surface area contributed by atoms with Crippen LogP contribution in [-0.4, -0.2) is 0 Å². The maximum atomic E-state index is 10.3. The molecular formula is C6H8OP. The maximum Gasteiger partial charge on any atom is 0.178 e. The molecule has 0 amide bonds. The van der Waals surface area contributed by atoms with Gasteiger partial charge in [-0.1, -0.05) is 18.2 Å². The van der Waals surface area contributed by atoms with Crippen LogP contribution in [-0.2, 0) is 5.11 Å². The van der Waals surface area contributed by atoms with E-state index in [4.69, 9.17) is 0 Å². The molecule has 0 bridgehead atoms. The fourth-order valence-corrected chi connectivity index (χ4v) is 0.420. The van der Waals surface area contributed by atoms with E-state index in [9.17, 15) is 5.11 Å². The third kappa shape index (κ3) is 1.94. The third-order valence-corrected chi connectivity index (χ3v) is 0.743. The van der Waals surface area contributed by atoms with Gasteiger partial charge in [0.2, 0.25) is 0 Å². The predicted octanol–water partition coefficient (Wildman–Crippen LogP) is 1.89. The molecule has 0 spiro atoms. The van der Waals surface area contributed by atoms with Gasteiger partial charge in [-0.15, -0.1) is 0 Å². The Hall–Kier alpha value is -0.550. The van der Waals surface area contributed by atoms with Crippen molar-refractivity contribution in [3.63, 3.8) is 0 Å². The summed E-state index contributed by atoms with van der Waals surface area (Å²) in [7, 11) is 0. The molecule has 1 unspecified atom stereocenters. The first-order chi connectivity index (χ1) is 3.39. The van der Waals surface area contributed by atoms with E-state index in [-0.39, 0.29) is 15.6 Å². The van der Waals surface area contributed by atoms with E-state index in [0.29, 0.717) is 0 Å². The van der Waals surface area contributed by atoms with Gasteiger partial charge in [-0.05, 0) is 12.1 Å². The molecule has 0 saturated heterocycles.